The van der Waals surface area contributed by atoms with E-state index in [0.717, 1.165) is 0 Å². The largest absolute Gasteiger partial charge is 0.339 e. The summed E-state index contributed by atoms with van der Waals surface area (Å²) in [6.45, 7) is 5.77. The third-order valence-corrected chi connectivity index (χ3v) is 5.12. The van der Waals surface area contributed by atoms with Gasteiger partial charge in [-0.05, 0) is 69.3 Å². The molecule has 2 aromatic carbocycles. The van der Waals surface area contributed by atoms with E-state index in [2.05, 4.69) is 10.6 Å². The highest BCUT2D eigenvalue weighted by Gasteiger charge is 2.35. The van der Waals surface area contributed by atoms with Crippen molar-refractivity contribution in [2.45, 2.75) is 33.2 Å². The number of Topliss-reactive ketones (excluding diaryl/α,β-unsaturated/α-hetero) is 1. The van der Waals surface area contributed by atoms with Crippen molar-refractivity contribution in [3.63, 3.8) is 0 Å². The van der Waals surface area contributed by atoms with Crippen LogP contribution in [0.1, 0.15) is 47.9 Å². The minimum absolute atomic E-state index is 0.00601. The molecule has 0 aliphatic carbocycles. The molecule has 3 amide bonds. The van der Waals surface area contributed by atoms with E-state index >= 15 is 0 Å². The Balaban J connectivity index is 1.58. The molecule has 1 atom stereocenters. The van der Waals surface area contributed by atoms with Crippen molar-refractivity contribution in [1.82, 2.24) is 4.90 Å². The first kappa shape index (κ1) is 21.2. The number of benzene rings is 2. The molecule has 30 heavy (non-hydrogen) atoms. The first-order valence-electron chi connectivity index (χ1n) is 9.87. The molecule has 0 radical (unpaired) electrons. The number of nitrogens with one attached hydrogen (secondary N) is 2. The molecule has 1 aliphatic rings. The number of amides is 3. The summed E-state index contributed by atoms with van der Waals surface area (Å²) in [6, 6.07) is 13.3. The minimum atomic E-state index is -0.374. The minimum Gasteiger partial charge on any atom is -0.339 e. The molecule has 3 rings (SSSR count). The van der Waals surface area contributed by atoms with Gasteiger partial charge in [-0.2, -0.15) is 0 Å². The first-order chi connectivity index (χ1) is 14.2. The summed E-state index contributed by atoms with van der Waals surface area (Å²) in [6.07, 6.45) is 0.215. The van der Waals surface area contributed by atoms with Gasteiger partial charge in [0.05, 0.1) is 5.92 Å². The second-order valence-electron chi connectivity index (χ2n) is 7.70. The van der Waals surface area contributed by atoms with Gasteiger partial charge in [-0.3, -0.25) is 19.2 Å². The maximum atomic E-state index is 12.5. The number of hydrogen-bond acceptors (Lipinski definition) is 4. The van der Waals surface area contributed by atoms with E-state index < -0.39 is 0 Å². The van der Waals surface area contributed by atoms with Gasteiger partial charge < -0.3 is 15.5 Å². The zero-order chi connectivity index (χ0) is 21.8. The summed E-state index contributed by atoms with van der Waals surface area (Å²) in [7, 11) is 0. The lowest BCUT2D eigenvalue weighted by molar-refractivity contribution is -0.129. The maximum absolute atomic E-state index is 12.5. The van der Waals surface area contributed by atoms with Crippen LogP contribution in [-0.4, -0.2) is 41.0 Å². The van der Waals surface area contributed by atoms with Crippen LogP contribution >= 0.6 is 0 Å². The third-order valence-electron chi connectivity index (χ3n) is 5.12. The molecule has 0 saturated carbocycles. The van der Waals surface area contributed by atoms with Gasteiger partial charge in [-0.15, -0.1) is 0 Å². The smallest absolute Gasteiger partial charge is 0.255 e. The fourth-order valence-electron chi connectivity index (χ4n) is 3.35. The van der Waals surface area contributed by atoms with Gasteiger partial charge in [-0.25, -0.2) is 0 Å². The molecule has 0 bridgehead atoms. The lowest BCUT2D eigenvalue weighted by Gasteiger charge is -2.20. The molecule has 0 spiro atoms. The molecule has 7 heteroatoms. The molecule has 1 unspecified atom stereocenters. The van der Waals surface area contributed by atoms with Crippen molar-refractivity contribution < 1.29 is 19.2 Å². The zero-order valence-corrected chi connectivity index (χ0v) is 17.3. The Morgan fingerprint density at radius 3 is 1.93 bits per heavy atom. The second kappa shape index (κ2) is 8.90. The Bertz CT molecular complexity index is 965. The maximum Gasteiger partial charge on any atom is 0.255 e. The van der Waals surface area contributed by atoms with Gasteiger partial charge in [0.25, 0.3) is 5.91 Å². The van der Waals surface area contributed by atoms with Crippen molar-refractivity contribution in [2.24, 2.45) is 5.92 Å². The quantitative estimate of drug-likeness (QED) is 0.718. The Hall–Kier alpha value is -3.48. The van der Waals surface area contributed by atoms with Crippen LogP contribution in [0.25, 0.3) is 0 Å². The summed E-state index contributed by atoms with van der Waals surface area (Å²) in [5.74, 6) is -0.912. The Morgan fingerprint density at radius 2 is 1.43 bits per heavy atom. The van der Waals surface area contributed by atoms with Crippen LogP contribution < -0.4 is 10.6 Å². The van der Waals surface area contributed by atoms with E-state index in [1.807, 2.05) is 13.8 Å². The van der Waals surface area contributed by atoms with Gasteiger partial charge >= 0.3 is 0 Å². The topological polar surface area (TPSA) is 95.6 Å². The van der Waals surface area contributed by atoms with Crippen LogP contribution in [0.5, 0.6) is 0 Å². The van der Waals surface area contributed by atoms with Crippen LogP contribution in [-0.2, 0) is 9.59 Å². The summed E-state index contributed by atoms with van der Waals surface area (Å²) >= 11 is 0. The molecule has 2 N–H and O–H groups in total. The van der Waals surface area contributed by atoms with Gasteiger partial charge in [0.1, 0.15) is 0 Å². The highest BCUT2D eigenvalue weighted by atomic mass is 16.2. The molecule has 0 aromatic heterocycles. The van der Waals surface area contributed by atoms with Crippen LogP contribution in [0.4, 0.5) is 11.4 Å². The first-order valence-corrected chi connectivity index (χ1v) is 9.87. The highest BCUT2D eigenvalue weighted by molar-refractivity contribution is 6.05. The van der Waals surface area contributed by atoms with Gasteiger partial charge in [0.2, 0.25) is 11.8 Å². The summed E-state index contributed by atoms with van der Waals surface area (Å²) < 4.78 is 0. The number of ketones is 1. The molecule has 7 nitrogen and oxygen atoms in total. The molecule has 1 fully saturated rings. The normalized spacial score (nSPS) is 15.9. The zero-order valence-electron chi connectivity index (χ0n) is 17.3. The predicted molar refractivity (Wildman–Crippen MR) is 114 cm³/mol. The number of hydrogen-bond donors (Lipinski definition) is 2. The predicted octanol–water partition coefficient (Wildman–Crippen LogP) is 3.34. The van der Waals surface area contributed by atoms with Gasteiger partial charge in [-0.1, -0.05) is 0 Å². The average Bonchev–Trinajstić information content (AvgIpc) is 3.11. The van der Waals surface area contributed by atoms with E-state index in [-0.39, 0.29) is 41.9 Å². The summed E-state index contributed by atoms with van der Waals surface area (Å²) in [5.41, 5.74) is 2.17. The molecular weight excluding hydrogens is 382 g/mol. The lowest BCUT2D eigenvalue weighted by atomic mass is 10.1. The number of rotatable bonds is 6. The summed E-state index contributed by atoms with van der Waals surface area (Å²) in [4.78, 5) is 49.9. The van der Waals surface area contributed by atoms with Crippen LogP contribution in [0.3, 0.4) is 0 Å². The fourth-order valence-corrected chi connectivity index (χ4v) is 3.35. The van der Waals surface area contributed by atoms with Crippen molar-refractivity contribution in [1.29, 1.82) is 0 Å². The number of likely N-dealkylation sites (tertiary alicyclic amines) is 1. The average molecular weight is 407 g/mol. The number of nitrogens with zero attached hydrogens (tertiary/aromatic N) is 1. The molecular formula is C23H25N3O4. The third kappa shape index (κ3) is 4.92. The number of anilines is 2. The Kier molecular flexibility index (Phi) is 6.30. The Labute approximate surface area is 175 Å². The molecule has 1 aliphatic heterocycles. The fraction of sp³-hybridized carbons (Fsp3) is 0.304. The second-order valence-corrected chi connectivity index (χ2v) is 7.70. The van der Waals surface area contributed by atoms with Crippen LogP contribution in [0.15, 0.2) is 48.5 Å². The monoisotopic (exact) mass is 407 g/mol. The number of carbonyl (C=O) groups excluding carboxylic acids is 4. The van der Waals surface area contributed by atoms with E-state index in [1.54, 1.807) is 53.4 Å². The van der Waals surface area contributed by atoms with Gasteiger partial charge in [0.15, 0.2) is 5.78 Å². The van der Waals surface area contributed by atoms with Crippen LogP contribution in [0.2, 0.25) is 0 Å². The Morgan fingerprint density at radius 1 is 0.900 bits per heavy atom. The van der Waals surface area contributed by atoms with E-state index in [0.29, 0.717) is 29.0 Å². The van der Waals surface area contributed by atoms with Crippen molar-refractivity contribution in [2.75, 3.05) is 17.2 Å². The molecule has 156 valence electrons. The standard InChI is InChI=1S/C23H25N3O4/c1-14(2)26-13-18(12-21(26)28)23(30)25-20-10-6-17(7-11-20)22(29)24-19-8-4-16(5-9-19)15(3)27/h4-11,14,18H,12-13H2,1-3H3,(H,24,29)(H,25,30). The molecule has 1 saturated heterocycles. The summed E-state index contributed by atoms with van der Waals surface area (Å²) in [5, 5.41) is 5.58. The van der Waals surface area contributed by atoms with Crippen molar-refractivity contribution in [3.05, 3.63) is 59.7 Å². The van der Waals surface area contributed by atoms with Crippen molar-refractivity contribution in [3.8, 4) is 0 Å². The SMILES string of the molecule is CC(=O)c1ccc(NC(=O)c2ccc(NC(=O)C3CC(=O)N(C(C)C)C3)cc2)cc1. The van der Waals surface area contributed by atoms with Crippen LogP contribution in [0, 0.1) is 5.92 Å². The molecule has 2 aromatic rings. The van der Waals surface area contributed by atoms with Gasteiger partial charge in [0, 0.05) is 41.5 Å². The van der Waals surface area contributed by atoms with E-state index in [4.69, 9.17) is 0 Å². The van der Waals surface area contributed by atoms with E-state index in [9.17, 15) is 19.2 Å². The van der Waals surface area contributed by atoms with E-state index in [1.165, 1.54) is 6.92 Å². The lowest BCUT2D eigenvalue weighted by Crippen LogP contribution is -2.33. The molecule has 1 heterocycles. The number of carbonyl (C=O) groups is 4. The highest BCUT2D eigenvalue weighted by Crippen LogP contribution is 2.22. The van der Waals surface area contributed by atoms with Crippen molar-refractivity contribution >= 4 is 34.9 Å².